The predicted molar refractivity (Wildman–Crippen MR) is 167 cm³/mol. The first-order valence-corrected chi connectivity index (χ1v) is 17.1. The van der Waals surface area contributed by atoms with Crippen LogP contribution in [-0.2, 0) is 10.0 Å². The van der Waals surface area contributed by atoms with E-state index < -0.39 is 15.3 Å². The van der Waals surface area contributed by atoms with Gasteiger partial charge in [-0.05, 0) is 68.9 Å². The number of carbonyl (C=O) groups is 1. The van der Waals surface area contributed by atoms with Crippen molar-refractivity contribution in [2.75, 3.05) is 31.1 Å². The van der Waals surface area contributed by atoms with Gasteiger partial charge in [-0.1, -0.05) is 19.9 Å². The minimum absolute atomic E-state index is 0.0442. The van der Waals surface area contributed by atoms with Crippen molar-refractivity contribution in [3.8, 4) is 21.8 Å². The van der Waals surface area contributed by atoms with Crippen molar-refractivity contribution in [3.63, 3.8) is 0 Å². The van der Waals surface area contributed by atoms with Crippen molar-refractivity contribution < 1.29 is 13.2 Å². The van der Waals surface area contributed by atoms with Gasteiger partial charge in [0.05, 0.1) is 28.0 Å². The summed E-state index contributed by atoms with van der Waals surface area (Å²) >= 11 is 1.62. The average Bonchev–Trinajstić information content (AvgIpc) is 3.41. The molecule has 4 aromatic heterocycles. The van der Waals surface area contributed by atoms with Gasteiger partial charge in [0.25, 0.3) is 0 Å². The van der Waals surface area contributed by atoms with Crippen molar-refractivity contribution in [2.24, 2.45) is 0 Å². The fourth-order valence-electron chi connectivity index (χ4n) is 5.45. The molecule has 2 aliphatic rings. The fourth-order valence-corrected chi connectivity index (χ4v) is 7.79. The molecule has 0 spiro atoms. The third-order valence-electron chi connectivity index (χ3n) is 8.30. The Hall–Kier alpha value is -3.19. The van der Waals surface area contributed by atoms with Crippen LogP contribution in [0.4, 0.5) is 5.82 Å². The number of hydrogen-bond donors (Lipinski definition) is 1. The molecule has 0 amide bonds. The van der Waals surface area contributed by atoms with E-state index in [1.165, 1.54) is 0 Å². The second kappa shape index (κ2) is 11.8. The summed E-state index contributed by atoms with van der Waals surface area (Å²) in [6.45, 7) is 8.99. The highest BCUT2D eigenvalue weighted by atomic mass is 32.2. The number of pyridine rings is 1. The van der Waals surface area contributed by atoms with E-state index in [1.54, 1.807) is 28.1 Å². The quantitative estimate of drug-likeness (QED) is 0.222. The maximum atomic E-state index is 13.6. The third kappa shape index (κ3) is 5.98. The number of rotatable bonds is 13. The first kappa shape index (κ1) is 28.9. The molecule has 2 fully saturated rings. The minimum Gasteiger partial charge on any atom is -0.354 e. The summed E-state index contributed by atoms with van der Waals surface area (Å²) in [5.74, 6) is 0.641. The summed E-state index contributed by atoms with van der Waals surface area (Å²) in [5.41, 5.74) is 3.38. The second-order valence-electron chi connectivity index (χ2n) is 11.2. The van der Waals surface area contributed by atoms with Crippen LogP contribution in [0.5, 0.6) is 0 Å². The molecule has 1 saturated heterocycles. The van der Waals surface area contributed by atoms with Crippen LogP contribution in [0.25, 0.3) is 27.5 Å². The normalized spacial score (nSPS) is 16.7. The molecular formula is C30H37N7O3S2. The molecule has 1 atom stereocenters. The molecule has 12 heteroatoms. The zero-order chi connectivity index (χ0) is 29.4. The van der Waals surface area contributed by atoms with Gasteiger partial charge in [-0.3, -0.25) is 4.79 Å². The number of nitrogens with one attached hydrogen (secondary N) is 1. The van der Waals surface area contributed by atoms with Crippen molar-refractivity contribution in [1.29, 1.82) is 0 Å². The van der Waals surface area contributed by atoms with E-state index in [-0.39, 0.29) is 11.8 Å². The SMILES string of the molecule is CCN(CC)[C@@H](C)CCC(=O)c1cc(-c2cnn3ccc(-c4cccs4)nc23)nc(N2CC(S(=O)(=O)NC3CC3)C2)c1. The van der Waals surface area contributed by atoms with Crippen LogP contribution in [0, 0.1) is 0 Å². The molecule has 0 unspecified atom stereocenters. The largest absolute Gasteiger partial charge is 0.354 e. The number of nitrogens with zero attached hydrogens (tertiary/aromatic N) is 6. The molecule has 1 saturated carbocycles. The van der Waals surface area contributed by atoms with Crippen LogP contribution in [-0.4, -0.2) is 82.2 Å². The lowest BCUT2D eigenvalue weighted by molar-refractivity contribution is 0.0964. The Morgan fingerprint density at radius 1 is 1.14 bits per heavy atom. The Morgan fingerprint density at radius 3 is 2.62 bits per heavy atom. The zero-order valence-corrected chi connectivity index (χ0v) is 25.9. The van der Waals surface area contributed by atoms with Gasteiger partial charge in [0.2, 0.25) is 10.0 Å². The molecule has 222 valence electrons. The predicted octanol–water partition coefficient (Wildman–Crippen LogP) is 4.48. The van der Waals surface area contributed by atoms with E-state index in [9.17, 15) is 13.2 Å². The van der Waals surface area contributed by atoms with Crippen molar-refractivity contribution >= 4 is 38.6 Å². The van der Waals surface area contributed by atoms with Crippen LogP contribution in [0.15, 0.2) is 48.1 Å². The average molecular weight is 608 g/mol. The minimum atomic E-state index is -3.38. The van der Waals surface area contributed by atoms with E-state index >= 15 is 0 Å². The molecule has 5 heterocycles. The van der Waals surface area contributed by atoms with Gasteiger partial charge in [-0.15, -0.1) is 11.3 Å². The first-order valence-electron chi connectivity index (χ1n) is 14.7. The van der Waals surface area contributed by atoms with E-state index in [1.807, 2.05) is 40.7 Å². The first-order chi connectivity index (χ1) is 20.3. The van der Waals surface area contributed by atoms with Crippen LogP contribution in [0.2, 0.25) is 0 Å². The molecule has 0 radical (unpaired) electrons. The summed E-state index contributed by atoms with van der Waals surface area (Å²) < 4.78 is 30.0. The van der Waals surface area contributed by atoms with Gasteiger partial charge in [-0.2, -0.15) is 5.10 Å². The second-order valence-corrected chi connectivity index (χ2v) is 14.2. The smallest absolute Gasteiger partial charge is 0.218 e. The lowest BCUT2D eigenvalue weighted by atomic mass is 10.0. The Kier molecular flexibility index (Phi) is 8.14. The number of hydrogen-bond acceptors (Lipinski definition) is 9. The van der Waals surface area contributed by atoms with Crippen molar-refractivity contribution in [3.05, 3.63) is 53.7 Å². The number of anilines is 1. The molecule has 1 aliphatic carbocycles. The molecular weight excluding hydrogens is 571 g/mol. The topological polar surface area (TPSA) is 113 Å². The van der Waals surface area contributed by atoms with Crippen LogP contribution in [0.3, 0.4) is 0 Å². The number of aromatic nitrogens is 4. The van der Waals surface area contributed by atoms with Gasteiger partial charge in [0.15, 0.2) is 11.4 Å². The Labute approximate surface area is 250 Å². The summed E-state index contributed by atoms with van der Waals surface area (Å²) in [4.78, 5) is 28.7. The lowest BCUT2D eigenvalue weighted by Gasteiger charge is -2.39. The number of ketones is 1. The number of sulfonamides is 1. The highest BCUT2D eigenvalue weighted by Crippen LogP contribution is 2.32. The van der Waals surface area contributed by atoms with Gasteiger partial charge >= 0.3 is 0 Å². The highest BCUT2D eigenvalue weighted by molar-refractivity contribution is 7.90. The molecule has 1 aliphatic heterocycles. The molecule has 6 rings (SSSR count). The number of fused-ring (bicyclic) bond motifs is 1. The summed E-state index contributed by atoms with van der Waals surface area (Å²) in [6, 6.07) is 9.96. The number of carbonyl (C=O) groups excluding carboxylic acids is 1. The maximum Gasteiger partial charge on any atom is 0.218 e. The molecule has 0 bridgehead atoms. The fraction of sp³-hybridized carbons (Fsp3) is 0.467. The maximum absolute atomic E-state index is 13.6. The molecule has 1 N–H and O–H groups in total. The van der Waals surface area contributed by atoms with Gasteiger partial charge in [0, 0.05) is 43.4 Å². The van der Waals surface area contributed by atoms with Crippen LogP contribution in [0.1, 0.15) is 56.8 Å². The molecule has 0 aromatic carbocycles. The van der Waals surface area contributed by atoms with Gasteiger partial charge < -0.3 is 9.80 Å². The molecule has 42 heavy (non-hydrogen) atoms. The van der Waals surface area contributed by atoms with E-state index in [0.717, 1.165) is 48.5 Å². The van der Waals surface area contributed by atoms with Crippen LogP contribution >= 0.6 is 11.3 Å². The monoisotopic (exact) mass is 607 g/mol. The third-order valence-corrected chi connectivity index (χ3v) is 11.0. The van der Waals surface area contributed by atoms with E-state index in [0.29, 0.717) is 48.3 Å². The Morgan fingerprint density at radius 2 is 1.93 bits per heavy atom. The lowest BCUT2D eigenvalue weighted by Crippen LogP contribution is -2.58. The van der Waals surface area contributed by atoms with Gasteiger partial charge in [-0.25, -0.2) is 27.6 Å². The summed E-state index contributed by atoms with van der Waals surface area (Å²) in [5, 5.41) is 6.02. The van der Waals surface area contributed by atoms with Crippen LogP contribution < -0.4 is 9.62 Å². The Bertz CT molecular complexity index is 1670. The van der Waals surface area contributed by atoms with Crippen molar-refractivity contribution in [1.82, 2.24) is 29.2 Å². The summed E-state index contributed by atoms with van der Waals surface area (Å²) in [6.07, 6.45) is 6.58. The Balaban J connectivity index is 1.31. The number of Topliss-reactive ketones (excluding diaryl/α,β-unsaturated/α-hetero) is 1. The van der Waals surface area contributed by atoms with E-state index in [2.05, 4.69) is 35.5 Å². The summed E-state index contributed by atoms with van der Waals surface area (Å²) in [7, 11) is -3.38. The number of thiophene rings is 1. The zero-order valence-electron chi connectivity index (χ0n) is 24.2. The van der Waals surface area contributed by atoms with E-state index in [4.69, 9.17) is 9.97 Å². The molecule has 4 aromatic rings. The highest BCUT2D eigenvalue weighted by Gasteiger charge is 2.41. The molecule has 10 nitrogen and oxygen atoms in total. The van der Waals surface area contributed by atoms with Crippen molar-refractivity contribution in [2.45, 2.75) is 63.8 Å². The standard InChI is InChI=1S/C30H37N7O3S2/c1-4-35(5-2)20(3)8-11-27(38)21-15-26(24-17-31-37-13-12-25(33-30(24)37)28-7-6-14-41-28)32-29(16-21)36-18-23(19-36)42(39,40)34-22-9-10-22/h6-7,12-17,20,22-23,34H,4-5,8-11,18-19H2,1-3H3/t20-/m0/s1. The van der Waals surface area contributed by atoms with Gasteiger partial charge in [0.1, 0.15) is 11.1 Å².